The van der Waals surface area contributed by atoms with Crippen molar-refractivity contribution >= 4 is 11.6 Å². The highest BCUT2D eigenvalue weighted by Crippen LogP contribution is 2.18. The molecule has 74 valence electrons. The van der Waals surface area contributed by atoms with E-state index >= 15 is 0 Å². The van der Waals surface area contributed by atoms with Crippen LogP contribution in [0.2, 0.25) is 0 Å². The van der Waals surface area contributed by atoms with Crippen molar-refractivity contribution in [1.82, 2.24) is 4.98 Å². The second-order valence-electron chi connectivity index (χ2n) is 2.56. The number of ether oxygens (including phenoxy) is 1. The molecule has 0 aliphatic heterocycles. The van der Waals surface area contributed by atoms with Gasteiger partial charge in [0.15, 0.2) is 0 Å². The van der Waals surface area contributed by atoms with Gasteiger partial charge < -0.3 is 14.9 Å². The Morgan fingerprint density at radius 3 is 2.64 bits per heavy atom. The third-order valence-electron chi connectivity index (χ3n) is 1.57. The molecule has 0 N–H and O–H groups in total. The first-order valence-electron chi connectivity index (χ1n) is 3.76. The number of nitro groups is 1. The van der Waals surface area contributed by atoms with Gasteiger partial charge in [-0.25, -0.2) is 0 Å². The van der Waals surface area contributed by atoms with Crippen LogP contribution in [0.3, 0.4) is 0 Å². The number of rotatable bonds is 3. The lowest BCUT2D eigenvalue weighted by Crippen LogP contribution is -2.01. The fourth-order valence-electron chi connectivity index (χ4n) is 0.883. The molecule has 0 amide bonds. The van der Waals surface area contributed by atoms with E-state index in [9.17, 15) is 14.9 Å². The van der Waals surface area contributed by atoms with Gasteiger partial charge in [0, 0.05) is 13.0 Å². The minimum atomic E-state index is -0.672. The molecule has 0 spiro atoms. The molecule has 6 nitrogen and oxygen atoms in total. The molecule has 1 heterocycles. The third kappa shape index (κ3) is 2.03. The molecular formula is C8H8N2O4. The molecule has 0 radical (unpaired) electrons. The van der Waals surface area contributed by atoms with E-state index in [2.05, 4.69) is 4.98 Å². The van der Waals surface area contributed by atoms with Gasteiger partial charge in [-0.2, -0.15) is 0 Å². The summed E-state index contributed by atoms with van der Waals surface area (Å²) in [6.07, 6.45) is 0. The van der Waals surface area contributed by atoms with E-state index in [0.29, 0.717) is 0 Å². The molecule has 1 aromatic heterocycles. The van der Waals surface area contributed by atoms with E-state index < -0.39 is 10.7 Å². The SMILES string of the molecule is COc1cc(C(C)=O)nc([N+](=O)[O-])c1. The first-order chi connectivity index (χ1) is 6.54. The summed E-state index contributed by atoms with van der Waals surface area (Å²) in [6.45, 7) is 1.28. The quantitative estimate of drug-likeness (QED) is 0.412. The average molecular weight is 196 g/mol. The van der Waals surface area contributed by atoms with Gasteiger partial charge in [0.05, 0.1) is 13.2 Å². The average Bonchev–Trinajstić information content (AvgIpc) is 2.16. The summed E-state index contributed by atoms with van der Waals surface area (Å²) in [7, 11) is 1.36. The van der Waals surface area contributed by atoms with E-state index in [1.165, 1.54) is 20.1 Å². The number of nitrogens with zero attached hydrogens (tertiary/aromatic N) is 2. The van der Waals surface area contributed by atoms with Gasteiger partial charge in [-0.05, 0) is 9.91 Å². The zero-order valence-electron chi connectivity index (χ0n) is 7.68. The molecule has 0 aromatic carbocycles. The molecule has 0 bridgehead atoms. The van der Waals surface area contributed by atoms with Gasteiger partial charge in [-0.15, -0.1) is 0 Å². The van der Waals surface area contributed by atoms with Crippen molar-refractivity contribution in [3.8, 4) is 5.75 Å². The summed E-state index contributed by atoms with van der Waals surface area (Å²) in [6, 6.07) is 2.52. The highest BCUT2D eigenvalue weighted by Gasteiger charge is 2.16. The number of pyridine rings is 1. The maximum atomic E-state index is 10.9. The standard InChI is InChI=1S/C8H8N2O4/c1-5(11)7-3-6(14-2)4-8(9-7)10(12)13/h3-4H,1-2H3. The molecule has 6 heteroatoms. The Balaban J connectivity index is 3.27. The highest BCUT2D eigenvalue weighted by atomic mass is 16.6. The van der Waals surface area contributed by atoms with Crippen LogP contribution in [0, 0.1) is 10.1 Å². The van der Waals surface area contributed by atoms with Gasteiger partial charge in [0.25, 0.3) is 0 Å². The summed E-state index contributed by atoms with van der Waals surface area (Å²) >= 11 is 0. The molecule has 0 unspecified atom stereocenters. The number of hydrogen-bond acceptors (Lipinski definition) is 5. The Hall–Kier alpha value is -1.98. The zero-order valence-corrected chi connectivity index (χ0v) is 7.68. The summed E-state index contributed by atoms with van der Waals surface area (Å²) in [5, 5.41) is 10.4. The number of aromatic nitrogens is 1. The van der Waals surface area contributed by atoms with Gasteiger partial charge in [0.2, 0.25) is 11.5 Å². The van der Waals surface area contributed by atoms with Crippen LogP contribution in [-0.2, 0) is 0 Å². The summed E-state index contributed by atoms with van der Waals surface area (Å²) in [4.78, 5) is 24.2. The number of hydrogen-bond donors (Lipinski definition) is 0. The van der Waals surface area contributed by atoms with Crippen LogP contribution in [0.4, 0.5) is 5.82 Å². The first kappa shape index (κ1) is 10.1. The van der Waals surface area contributed by atoms with Crippen molar-refractivity contribution in [1.29, 1.82) is 0 Å². The lowest BCUT2D eigenvalue weighted by atomic mass is 10.2. The molecule has 1 aromatic rings. The molecule has 0 aliphatic rings. The molecular weight excluding hydrogens is 188 g/mol. The molecule has 14 heavy (non-hydrogen) atoms. The topological polar surface area (TPSA) is 82.3 Å². The number of ketones is 1. The Morgan fingerprint density at radius 1 is 1.57 bits per heavy atom. The third-order valence-corrected chi connectivity index (χ3v) is 1.57. The fourth-order valence-corrected chi connectivity index (χ4v) is 0.883. The van der Waals surface area contributed by atoms with Gasteiger partial charge in [0.1, 0.15) is 5.75 Å². The van der Waals surface area contributed by atoms with Crippen molar-refractivity contribution in [2.45, 2.75) is 6.92 Å². The Bertz CT molecular complexity index is 357. The van der Waals surface area contributed by atoms with E-state index in [-0.39, 0.29) is 17.2 Å². The smallest absolute Gasteiger partial charge is 0.367 e. The first-order valence-corrected chi connectivity index (χ1v) is 3.76. The summed E-state index contributed by atoms with van der Waals surface area (Å²) < 4.78 is 4.80. The molecule has 0 fully saturated rings. The lowest BCUT2D eigenvalue weighted by molar-refractivity contribution is -0.389. The Kier molecular flexibility index (Phi) is 2.76. The second-order valence-corrected chi connectivity index (χ2v) is 2.56. The van der Waals surface area contributed by atoms with Gasteiger partial charge in [-0.3, -0.25) is 4.79 Å². The van der Waals surface area contributed by atoms with Crippen LogP contribution in [-0.4, -0.2) is 22.8 Å². The maximum Gasteiger partial charge on any atom is 0.367 e. The van der Waals surface area contributed by atoms with Crippen LogP contribution in [0.25, 0.3) is 0 Å². The van der Waals surface area contributed by atoms with Crippen molar-refractivity contribution in [3.63, 3.8) is 0 Å². The summed E-state index contributed by atoms with van der Waals surface area (Å²) in [5.74, 6) is -0.488. The Labute approximate surface area is 79.7 Å². The van der Waals surface area contributed by atoms with E-state index in [1.807, 2.05) is 0 Å². The number of Topliss-reactive ketones (excluding diaryl/α,β-unsaturated/α-hetero) is 1. The van der Waals surface area contributed by atoms with Crippen LogP contribution >= 0.6 is 0 Å². The largest absolute Gasteiger partial charge is 0.496 e. The van der Waals surface area contributed by atoms with Crippen molar-refractivity contribution in [2.75, 3.05) is 7.11 Å². The van der Waals surface area contributed by atoms with Crippen molar-refractivity contribution < 1.29 is 14.5 Å². The lowest BCUT2D eigenvalue weighted by Gasteiger charge is -1.99. The molecule has 0 saturated carbocycles. The minimum Gasteiger partial charge on any atom is -0.496 e. The van der Waals surface area contributed by atoms with Crippen LogP contribution in [0.5, 0.6) is 5.75 Å². The van der Waals surface area contributed by atoms with Gasteiger partial charge >= 0.3 is 5.82 Å². The molecule has 0 aliphatic carbocycles. The molecule has 1 rings (SSSR count). The van der Waals surface area contributed by atoms with Crippen molar-refractivity contribution in [2.24, 2.45) is 0 Å². The number of carbonyl (C=O) groups is 1. The number of methoxy groups -OCH3 is 1. The molecule has 0 saturated heterocycles. The second kappa shape index (κ2) is 3.82. The minimum absolute atomic E-state index is 0.0241. The van der Waals surface area contributed by atoms with Crippen LogP contribution in [0.15, 0.2) is 12.1 Å². The van der Waals surface area contributed by atoms with Gasteiger partial charge in [-0.1, -0.05) is 0 Å². The van der Waals surface area contributed by atoms with E-state index in [1.54, 1.807) is 0 Å². The molecule has 0 atom stereocenters. The highest BCUT2D eigenvalue weighted by molar-refractivity contribution is 5.92. The predicted molar refractivity (Wildman–Crippen MR) is 47.4 cm³/mol. The van der Waals surface area contributed by atoms with Crippen molar-refractivity contribution in [3.05, 3.63) is 27.9 Å². The van der Waals surface area contributed by atoms with Crippen LogP contribution in [0.1, 0.15) is 17.4 Å². The van der Waals surface area contributed by atoms with E-state index in [4.69, 9.17) is 4.74 Å². The zero-order chi connectivity index (χ0) is 10.7. The van der Waals surface area contributed by atoms with E-state index in [0.717, 1.165) is 6.07 Å². The number of carbonyl (C=O) groups excluding carboxylic acids is 1. The Morgan fingerprint density at radius 2 is 2.21 bits per heavy atom. The monoisotopic (exact) mass is 196 g/mol. The normalized spacial score (nSPS) is 9.57. The van der Waals surface area contributed by atoms with Crippen LogP contribution < -0.4 is 4.74 Å². The predicted octanol–water partition coefficient (Wildman–Crippen LogP) is 1.20. The maximum absolute atomic E-state index is 10.9. The fraction of sp³-hybridized carbons (Fsp3) is 0.250. The summed E-state index contributed by atoms with van der Waals surface area (Å²) in [5.41, 5.74) is 0.0241.